The predicted octanol–water partition coefficient (Wildman–Crippen LogP) is 4.12. The van der Waals surface area contributed by atoms with Crippen LogP contribution in [-0.2, 0) is 16.8 Å². The van der Waals surface area contributed by atoms with Gasteiger partial charge in [0.05, 0.1) is 10.4 Å². The Morgan fingerprint density at radius 2 is 1.81 bits per heavy atom. The van der Waals surface area contributed by atoms with Gasteiger partial charge in [-0.3, -0.25) is 4.79 Å². The van der Waals surface area contributed by atoms with Crippen molar-refractivity contribution in [1.82, 2.24) is 10.2 Å². The third-order valence-electron chi connectivity index (χ3n) is 6.69. The number of fused-ring (bicyclic) bond motifs is 1. The van der Waals surface area contributed by atoms with Gasteiger partial charge in [0.25, 0.3) is 11.8 Å². The van der Waals surface area contributed by atoms with Crippen molar-refractivity contribution in [3.05, 3.63) is 59.0 Å². The Bertz CT molecular complexity index is 1360. The van der Waals surface area contributed by atoms with Crippen LogP contribution in [0.3, 0.4) is 0 Å². The van der Waals surface area contributed by atoms with E-state index in [4.69, 9.17) is 31.2 Å². The molecule has 1 amide bonds. The molecule has 3 fully saturated rings. The van der Waals surface area contributed by atoms with Crippen LogP contribution in [0.15, 0.2) is 40.8 Å². The average Bonchev–Trinajstić information content (AvgIpc) is 3.34. The normalized spacial score (nSPS) is 25.4. The Morgan fingerprint density at radius 3 is 2.53 bits per heavy atom. The monoisotopic (exact) mass is 523 g/mol. The number of alkyl halides is 2. The number of primary amides is 1. The molecular weight excluding hydrogens is 507 g/mol. The summed E-state index contributed by atoms with van der Waals surface area (Å²) in [4.78, 5) is 12.2. The standard InChI is InChI=1S/C23H17ClF3N3O6/c24-13-3-1-11(5-14(13)25)32-7-17-29-30-20(34-17)22-8-21(9-22,10-22)18(19(28)31)33-12-2-4-15-16(6-12)36-23(26,27)35-15/h1-6,18H,7-10H2,(H2,28,31). The highest BCUT2D eigenvalue weighted by molar-refractivity contribution is 6.30. The number of benzene rings is 2. The second kappa shape index (κ2) is 7.66. The van der Waals surface area contributed by atoms with Gasteiger partial charge in [-0.2, -0.15) is 0 Å². The topological polar surface area (TPSA) is 119 Å². The minimum Gasteiger partial charge on any atom is -0.484 e. The van der Waals surface area contributed by atoms with Crippen LogP contribution < -0.4 is 24.7 Å². The molecule has 188 valence electrons. The molecule has 13 heteroatoms. The first-order chi connectivity index (χ1) is 17.1. The summed E-state index contributed by atoms with van der Waals surface area (Å²) in [5, 5.41) is 8.09. The fourth-order valence-electron chi connectivity index (χ4n) is 5.23. The highest BCUT2D eigenvalue weighted by atomic mass is 35.5. The van der Waals surface area contributed by atoms with Gasteiger partial charge in [0.15, 0.2) is 24.2 Å². The van der Waals surface area contributed by atoms with Gasteiger partial charge in [-0.05, 0) is 43.5 Å². The van der Waals surface area contributed by atoms with Gasteiger partial charge >= 0.3 is 6.29 Å². The summed E-state index contributed by atoms with van der Waals surface area (Å²) in [6.07, 6.45) is -3.21. The lowest BCUT2D eigenvalue weighted by Crippen LogP contribution is -2.72. The second-order valence-corrected chi connectivity index (χ2v) is 9.62. The first-order valence-electron chi connectivity index (χ1n) is 10.8. The average molecular weight is 524 g/mol. The number of rotatable bonds is 8. The minimum absolute atomic E-state index is 0.0155. The van der Waals surface area contributed by atoms with Crippen molar-refractivity contribution in [3.63, 3.8) is 0 Å². The van der Waals surface area contributed by atoms with Crippen molar-refractivity contribution in [3.8, 4) is 23.0 Å². The molecule has 3 saturated carbocycles. The van der Waals surface area contributed by atoms with E-state index in [0.717, 1.165) is 6.07 Å². The van der Waals surface area contributed by atoms with Gasteiger partial charge in [0.1, 0.15) is 17.3 Å². The summed E-state index contributed by atoms with van der Waals surface area (Å²) in [6.45, 7) is -0.0640. The van der Waals surface area contributed by atoms with Crippen LogP contribution in [0.5, 0.6) is 23.0 Å². The lowest BCUT2D eigenvalue weighted by Gasteiger charge is -2.69. The van der Waals surface area contributed by atoms with E-state index in [1.807, 2.05) is 0 Å². The number of hydrogen-bond acceptors (Lipinski definition) is 8. The van der Waals surface area contributed by atoms with Gasteiger partial charge in [0.2, 0.25) is 5.89 Å². The molecular formula is C23H17ClF3N3O6. The number of amides is 1. The van der Waals surface area contributed by atoms with Crippen LogP contribution in [0.1, 0.15) is 31.0 Å². The predicted molar refractivity (Wildman–Crippen MR) is 114 cm³/mol. The van der Waals surface area contributed by atoms with Crippen LogP contribution in [0, 0.1) is 11.2 Å². The van der Waals surface area contributed by atoms with Crippen molar-refractivity contribution in [1.29, 1.82) is 0 Å². The van der Waals surface area contributed by atoms with Crippen LogP contribution in [0.25, 0.3) is 0 Å². The van der Waals surface area contributed by atoms with E-state index in [1.54, 1.807) is 0 Å². The summed E-state index contributed by atoms with van der Waals surface area (Å²) >= 11 is 5.66. The highest BCUT2D eigenvalue weighted by Crippen LogP contribution is 2.75. The molecule has 3 aliphatic carbocycles. The van der Waals surface area contributed by atoms with E-state index in [-0.39, 0.29) is 40.5 Å². The minimum atomic E-state index is -3.76. The van der Waals surface area contributed by atoms with Crippen molar-refractivity contribution >= 4 is 17.5 Å². The van der Waals surface area contributed by atoms with E-state index in [1.165, 1.54) is 30.3 Å². The summed E-state index contributed by atoms with van der Waals surface area (Å²) in [5.74, 6) is -0.604. The van der Waals surface area contributed by atoms with Gasteiger partial charge in [-0.1, -0.05) is 11.6 Å². The summed E-state index contributed by atoms with van der Waals surface area (Å²) in [7, 11) is 0. The number of aromatic nitrogens is 2. The molecule has 36 heavy (non-hydrogen) atoms. The lowest BCUT2D eigenvalue weighted by molar-refractivity contribution is -0.286. The number of carbonyl (C=O) groups is 1. The molecule has 4 aliphatic rings. The van der Waals surface area contributed by atoms with Gasteiger partial charge in [0, 0.05) is 17.5 Å². The van der Waals surface area contributed by atoms with Crippen LogP contribution in [0.2, 0.25) is 5.02 Å². The highest BCUT2D eigenvalue weighted by Gasteiger charge is 2.75. The number of ether oxygens (including phenoxy) is 4. The fraction of sp³-hybridized carbons (Fsp3) is 0.348. The quantitative estimate of drug-likeness (QED) is 0.468. The Morgan fingerprint density at radius 1 is 1.08 bits per heavy atom. The number of nitrogens with two attached hydrogens (primary N) is 1. The van der Waals surface area contributed by atoms with E-state index < -0.39 is 35.0 Å². The molecule has 0 saturated heterocycles. The number of carbonyl (C=O) groups excluding carboxylic acids is 1. The maximum atomic E-state index is 13.6. The molecule has 1 aliphatic heterocycles. The van der Waals surface area contributed by atoms with E-state index in [9.17, 15) is 18.0 Å². The molecule has 0 spiro atoms. The van der Waals surface area contributed by atoms with E-state index in [0.29, 0.717) is 25.2 Å². The summed E-state index contributed by atoms with van der Waals surface area (Å²) in [5.41, 5.74) is 4.66. The smallest absolute Gasteiger partial charge is 0.484 e. The molecule has 2 bridgehead atoms. The van der Waals surface area contributed by atoms with Crippen LogP contribution in [0.4, 0.5) is 13.2 Å². The SMILES string of the molecule is NC(=O)C(Oc1ccc2c(c1)OC(F)(F)O2)C12CC(c3nnc(COc4ccc(Cl)c(F)c4)o3)(C1)C2. The Balaban J connectivity index is 1.10. The Kier molecular flexibility index (Phi) is 4.85. The maximum Gasteiger partial charge on any atom is 0.586 e. The zero-order chi connectivity index (χ0) is 25.3. The molecule has 1 unspecified atom stereocenters. The molecule has 2 aromatic carbocycles. The van der Waals surface area contributed by atoms with Crippen LogP contribution in [-0.4, -0.2) is 28.5 Å². The number of halogens is 4. The molecule has 0 radical (unpaired) electrons. The molecule has 1 aromatic heterocycles. The van der Waals surface area contributed by atoms with Crippen molar-refractivity contribution in [2.75, 3.05) is 0 Å². The maximum absolute atomic E-state index is 13.6. The lowest BCUT2D eigenvalue weighted by atomic mass is 9.33. The third-order valence-corrected chi connectivity index (χ3v) is 6.99. The molecule has 7 rings (SSSR count). The van der Waals surface area contributed by atoms with Crippen molar-refractivity contribution in [2.24, 2.45) is 11.1 Å². The first-order valence-corrected chi connectivity index (χ1v) is 11.2. The molecule has 1 atom stereocenters. The van der Waals surface area contributed by atoms with Gasteiger partial charge in [-0.15, -0.1) is 19.0 Å². The third kappa shape index (κ3) is 3.67. The van der Waals surface area contributed by atoms with E-state index in [2.05, 4.69) is 19.7 Å². The first kappa shape index (κ1) is 22.8. The Labute approximate surface area is 206 Å². The molecule has 2 heterocycles. The van der Waals surface area contributed by atoms with Crippen LogP contribution >= 0.6 is 11.6 Å². The van der Waals surface area contributed by atoms with Crippen molar-refractivity contribution < 1.29 is 41.3 Å². The van der Waals surface area contributed by atoms with Crippen molar-refractivity contribution in [2.45, 2.75) is 43.7 Å². The molecule has 3 aromatic rings. The fourth-order valence-corrected chi connectivity index (χ4v) is 5.35. The van der Waals surface area contributed by atoms with Gasteiger partial charge in [-0.25, -0.2) is 4.39 Å². The molecule has 2 N–H and O–H groups in total. The van der Waals surface area contributed by atoms with Gasteiger partial charge < -0.3 is 29.1 Å². The number of nitrogens with zero attached hydrogens (tertiary/aromatic N) is 2. The largest absolute Gasteiger partial charge is 0.586 e. The Hall–Kier alpha value is -3.67. The summed E-state index contributed by atoms with van der Waals surface area (Å²) < 4.78 is 66.0. The second-order valence-electron chi connectivity index (χ2n) is 9.21. The summed E-state index contributed by atoms with van der Waals surface area (Å²) in [6, 6.07) is 7.95. The number of hydrogen-bond donors (Lipinski definition) is 1. The zero-order valence-corrected chi connectivity index (χ0v) is 19.1. The molecule has 9 nitrogen and oxygen atoms in total. The zero-order valence-electron chi connectivity index (χ0n) is 18.3. The van der Waals surface area contributed by atoms with E-state index >= 15 is 0 Å².